The van der Waals surface area contributed by atoms with E-state index in [9.17, 15) is 4.39 Å². The van der Waals surface area contributed by atoms with Crippen molar-refractivity contribution in [3.8, 4) is 28.2 Å². The normalized spacial score (nSPS) is 12.1. The van der Waals surface area contributed by atoms with Gasteiger partial charge in [0.2, 0.25) is 0 Å². The lowest BCUT2D eigenvalue weighted by atomic mass is 9.85. The lowest BCUT2D eigenvalue weighted by molar-refractivity contribution is 0.590. The number of benzene rings is 4. The first-order valence-electron chi connectivity index (χ1n) is 13.4. The summed E-state index contributed by atoms with van der Waals surface area (Å²) in [6.07, 6.45) is 1.96. The molecule has 196 valence electrons. The molecule has 0 aliphatic rings. The fourth-order valence-electron chi connectivity index (χ4n) is 5.49. The highest BCUT2D eigenvalue weighted by atomic mass is 32.1. The van der Waals surface area contributed by atoms with Crippen molar-refractivity contribution in [3.05, 3.63) is 114 Å². The van der Waals surface area contributed by atoms with Crippen molar-refractivity contribution in [3.63, 3.8) is 0 Å². The van der Waals surface area contributed by atoms with Crippen molar-refractivity contribution in [1.82, 2.24) is 14.5 Å². The molecule has 0 radical (unpaired) electrons. The van der Waals surface area contributed by atoms with Crippen LogP contribution in [0.5, 0.6) is 0 Å². The lowest BCUT2D eigenvalue weighted by Crippen LogP contribution is -2.12. The van der Waals surface area contributed by atoms with Gasteiger partial charge in [-0.3, -0.25) is 9.55 Å². The van der Waals surface area contributed by atoms with Gasteiger partial charge in [0.25, 0.3) is 0 Å². The molecule has 0 aliphatic carbocycles. The molecular weight excluding hydrogens is 513 g/mol. The van der Waals surface area contributed by atoms with Gasteiger partial charge in [0.1, 0.15) is 11.6 Å². The summed E-state index contributed by atoms with van der Waals surface area (Å²) in [5.74, 6) is 0.500. The maximum atomic E-state index is 14.5. The van der Waals surface area contributed by atoms with E-state index in [1.54, 1.807) is 11.3 Å². The number of hydrogen-bond donors (Lipinski definition) is 0. The van der Waals surface area contributed by atoms with Gasteiger partial charge in [0, 0.05) is 49.3 Å². The Morgan fingerprint density at radius 3 is 2.42 bits per heavy atom. The average Bonchev–Trinajstić information content (AvgIpc) is 3.50. The molecule has 4 aromatic carbocycles. The zero-order valence-corrected chi connectivity index (χ0v) is 23.7. The molecule has 0 saturated carbocycles. The Morgan fingerprint density at radius 1 is 0.800 bits per heavy atom. The summed E-state index contributed by atoms with van der Waals surface area (Å²) < 4.78 is 19.0. The fraction of sp³-hybridized carbons (Fsp3) is 0.143. The number of aromatic nitrogens is 3. The summed E-state index contributed by atoms with van der Waals surface area (Å²) in [7, 11) is 0. The van der Waals surface area contributed by atoms with Crippen LogP contribution in [0.15, 0.2) is 97.2 Å². The van der Waals surface area contributed by atoms with Crippen LogP contribution >= 0.6 is 11.3 Å². The first-order chi connectivity index (χ1) is 19.3. The Bertz CT molecular complexity index is 2060. The van der Waals surface area contributed by atoms with Crippen molar-refractivity contribution in [2.45, 2.75) is 33.1 Å². The number of pyridine rings is 1. The molecule has 0 saturated heterocycles. The van der Waals surface area contributed by atoms with E-state index in [0.29, 0.717) is 5.52 Å². The molecule has 3 aromatic heterocycles. The maximum absolute atomic E-state index is 14.5. The number of aryl methyl sites for hydroxylation is 1. The van der Waals surface area contributed by atoms with Gasteiger partial charge < -0.3 is 0 Å². The first-order valence-corrected chi connectivity index (χ1v) is 14.3. The molecule has 0 fully saturated rings. The summed E-state index contributed by atoms with van der Waals surface area (Å²) >= 11 is 1.75. The van der Waals surface area contributed by atoms with E-state index in [-0.39, 0.29) is 11.2 Å². The summed E-state index contributed by atoms with van der Waals surface area (Å²) in [4.78, 5) is 9.64. The lowest BCUT2D eigenvalue weighted by Gasteiger charge is -2.23. The third-order valence-electron chi connectivity index (χ3n) is 7.57. The Morgan fingerprint density at radius 2 is 1.62 bits per heavy atom. The van der Waals surface area contributed by atoms with Gasteiger partial charge >= 0.3 is 0 Å². The minimum atomic E-state index is -0.295. The first kappa shape index (κ1) is 24.7. The highest BCUT2D eigenvalue weighted by Gasteiger charge is 2.23. The quantitative estimate of drug-likeness (QED) is 0.223. The standard InChI is InChI=1S/C35H28FN3S/c1-21-17-32-28(20-37-21)25-11-8-12-26(33(25)40-32)34-38-29-19-24(36)14-16-31(29)39(34)30-15-13-23(35(2,3)4)18-27(30)22-9-6-5-7-10-22/h5-20H,1-4H3. The van der Waals surface area contributed by atoms with Gasteiger partial charge in [-0.2, -0.15) is 0 Å². The van der Waals surface area contributed by atoms with Crippen molar-refractivity contribution in [2.75, 3.05) is 0 Å². The smallest absolute Gasteiger partial charge is 0.147 e. The van der Waals surface area contributed by atoms with E-state index in [4.69, 9.17) is 4.98 Å². The van der Waals surface area contributed by atoms with Crippen LogP contribution < -0.4 is 0 Å². The number of fused-ring (bicyclic) bond motifs is 4. The molecule has 7 rings (SSSR count). The van der Waals surface area contributed by atoms with Gasteiger partial charge in [-0.1, -0.05) is 69.3 Å². The zero-order valence-electron chi connectivity index (χ0n) is 22.9. The van der Waals surface area contributed by atoms with E-state index in [2.05, 4.69) is 97.1 Å². The largest absolute Gasteiger partial charge is 0.292 e. The second kappa shape index (κ2) is 9.10. The highest BCUT2D eigenvalue weighted by molar-refractivity contribution is 7.26. The molecule has 0 spiro atoms. The molecule has 3 heterocycles. The molecular formula is C35H28FN3S. The van der Waals surface area contributed by atoms with Gasteiger partial charge in [0.15, 0.2) is 0 Å². The van der Waals surface area contributed by atoms with Crippen LogP contribution in [-0.2, 0) is 5.41 Å². The minimum absolute atomic E-state index is 0.0140. The topological polar surface area (TPSA) is 30.7 Å². The van der Waals surface area contributed by atoms with Gasteiger partial charge in [-0.15, -0.1) is 11.3 Å². The number of rotatable bonds is 3. The summed E-state index contributed by atoms with van der Waals surface area (Å²) in [6.45, 7) is 8.72. The highest BCUT2D eigenvalue weighted by Crippen LogP contribution is 2.42. The van der Waals surface area contributed by atoms with Crippen LogP contribution in [-0.4, -0.2) is 14.5 Å². The second-order valence-electron chi connectivity index (χ2n) is 11.4. The molecule has 5 heteroatoms. The number of nitrogens with zero attached hydrogens (tertiary/aromatic N) is 3. The van der Waals surface area contributed by atoms with Gasteiger partial charge in [0.05, 0.1) is 16.7 Å². The van der Waals surface area contributed by atoms with E-state index in [0.717, 1.165) is 54.9 Å². The van der Waals surface area contributed by atoms with Crippen molar-refractivity contribution in [2.24, 2.45) is 0 Å². The summed E-state index contributed by atoms with van der Waals surface area (Å²) in [6, 6.07) is 30.5. The average molecular weight is 542 g/mol. The molecule has 0 unspecified atom stereocenters. The molecule has 0 aliphatic heterocycles. The predicted octanol–water partition coefficient (Wildman–Crippen LogP) is 9.87. The second-order valence-corrected chi connectivity index (χ2v) is 12.4. The van der Waals surface area contributed by atoms with Crippen LogP contribution in [0.3, 0.4) is 0 Å². The molecule has 0 atom stereocenters. The van der Waals surface area contributed by atoms with Crippen LogP contribution in [0, 0.1) is 12.7 Å². The van der Waals surface area contributed by atoms with Crippen LogP contribution in [0.4, 0.5) is 4.39 Å². The summed E-state index contributed by atoms with van der Waals surface area (Å²) in [5, 5.41) is 2.29. The third-order valence-corrected chi connectivity index (χ3v) is 8.77. The zero-order chi connectivity index (χ0) is 27.6. The SMILES string of the molecule is Cc1cc2sc3c(-c4nc5cc(F)ccc5n4-c4ccc(C(C)(C)C)cc4-c4ccccc4)cccc3c2cn1. The number of halogens is 1. The summed E-state index contributed by atoms with van der Waals surface area (Å²) in [5.41, 5.74) is 8.00. The predicted molar refractivity (Wildman–Crippen MR) is 166 cm³/mol. The van der Waals surface area contributed by atoms with E-state index < -0.39 is 0 Å². The van der Waals surface area contributed by atoms with Crippen molar-refractivity contribution < 1.29 is 4.39 Å². The molecule has 0 amide bonds. The monoisotopic (exact) mass is 541 g/mol. The molecule has 40 heavy (non-hydrogen) atoms. The number of hydrogen-bond acceptors (Lipinski definition) is 3. The van der Waals surface area contributed by atoms with Gasteiger partial charge in [-0.05, 0) is 59.9 Å². The third kappa shape index (κ3) is 4.00. The Kier molecular flexibility index (Phi) is 5.62. The molecule has 0 bridgehead atoms. The van der Waals surface area contributed by atoms with Crippen LogP contribution in [0.2, 0.25) is 0 Å². The molecule has 0 N–H and O–H groups in total. The van der Waals surface area contributed by atoms with Crippen molar-refractivity contribution in [1.29, 1.82) is 0 Å². The van der Waals surface area contributed by atoms with E-state index in [1.165, 1.54) is 22.4 Å². The van der Waals surface area contributed by atoms with Gasteiger partial charge in [-0.25, -0.2) is 9.37 Å². The Hall–Kier alpha value is -4.35. The molecule has 3 nitrogen and oxygen atoms in total. The number of thiophene rings is 1. The maximum Gasteiger partial charge on any atom is 0.147 e. The Labute approximate surface area is 236 Å². The van der Waals surface area contributed by atoms with Crippen LogP contribution in [0.25, 0.3) is 59.4 Å². The number of imidazole rings is 1. The minimum Gasteiger partial charge on any atom is -0.292 e. The Balaban J connectivity index is 1.58. The van der Waals surface area contributed by atoms with E-state index >= 15 is 0 Å². The van der Waals surface area contributed by atoms with E-state index in [1.807, 2.05) is 25.3 Å². The fourth-order valence-corrected chi connectivity index (χ4v) is 6.77. The molecule has 7 aromatic rings. The van der Waals surface area contributed by atoms with Crippen molar-refractivity contribution >= 4 is 42.5 Å². The van der Waals surface area contributed by atoms with Crippen LogP contribution in [0.1, 0.15) is 32.0 Å².